The Balaban J connectivity index is 2.13. The number of aromatic amines is 1. The topological polar surface area (TPSA) is 41.1 Å². The number of H-pyrrole nitrogens is 1. The molecule has 96 valence electrons. The summed E-state index contributed by atoms with van der Waals surface area (Å²) in [6, 6.07) is 0. The Hall–Kier alpha value is -0.870. The third kappa shape index (κ3) is 2.87. The van der Waals surface area contributed by atoms with Gasteiger partial charge in [-0.05, 0) is 25.3 Å². The van der Waals surface area contributed by atoms with Crippen LogP contribution < -0.4 is 0 Å². The molecule has 1 aromatic rings. The van der Waals surface area contributed by atoms with Crippen LogP contribution in [0.25, 0.3) is 0 Å². The highest BCUT2D eigenvalue weighted by atomic mass is 16.5. The average Bonchev–Trinajstić information content (AvgIpc) is 2.59. The van der Waals surface area contributed by atoms with E-state index in [-0.39, 0.29) is 0 Å². The maximum absolute atomic E-state index is 5.17. The molecule has 0 unspecified atom stereocenters. The maximum atomic E-state index is 5.17. The van der Waals surface area contributed by atoms with Crippen molar-refractivity contribution in [3.8, 4) is 0 Å². The van der Waals surface area contributed by atoms with E-state index in [0.717, 1.165) is 32.7 Å². The zero-order valence-electron chi connectivity index (χ0n) is 11.1. The summed E-state index contributed by atoms with van der Waals surface area (Å²) in [7, 11) is 1.76. The molecule has 4 heteroatoms. The standard InChI is InChI=1S/C13H23N3O/c1-10(2)13-11-9-16(7-8-17-3)6-4-5-12(11)14-15-13/h10H,4-9H2,1-3H3,(H,14,15). The van der Waals surface area contributed by atoms with Crippen LogP contribution in [0.2, 0.25) is 0 Å². The Bertz CT molecular complexity index is 360. The Kier molecular flexibility index (Phi) is 4.18. The summed E-state index contributed by atoms with van der Waals surface area (Å²) in [6.45, 7) is 8.41. The molecule has 1 aromatic heterocycles. The monoisotopic (exact) mass is 237 g/mol. The van der Waals surface area contributed by atoms with Gasteiger partial charge >= 0.3 is 0 Å². The van der Waals surface area contributed by atoms with Gasteiger partial charge in [-0.15, -0.1) is 0 Å². The number of nitrogens with zero attached hydrogens (tertiary/aromatic N) is 2. The van der Waals surface area contributed by atoms with E-state index in [1.54, 1.807) is 7.11 Å². The molecular weight excluding hydrogens is 214 g/mol. The van der Waals surface area contributed by atoms with Crippen molar-refractivity contribution in [3.63, 3.8) is 0 Å². The number of fused-ring (bicyclic) bond motifs is 1. The minimum Gasteiger partial charge on any atom is -0.383 e. The summed E-state index contributed by atoms with van der Waals surface area (Å²) in [6.07, 6.45) is 2.33. The fourth-order valence-corrected chi connectivity index (χ4v) is 2.47. The van der Waals surface area contributed by atoms with Crippen molar-refractivity contribution < 1.29 is 4.74 Å². The molecule has 2 rings (SSSR count). The first-order valence-corrected chi connectivity index (χ1v) is 6.49. The average molecular weight is 237 g/mol. The van der Waals surface area contributed by atoms with E-state index in [2.05, 4.69) is 28.9 Å². The Labute approximate surface area is 103 Å². The van der Waals surface area contributed by atoms with Crippen molar-refractivity contribution in [1.29, 1.82) is 0 Å². The zero-order valence-corrected chi connectivity index (χ0v) is 11.1. The molecule has 0 aromatic carbocycles. The molecule has 1 N–H and O–H groups in total. The number of ether oxygens (including phenoxy) is 1. The van der Waals surface area contributed by atoms with Gasteiger partial charge in [-0.3, -0.25) is 10.00 Å². The van der Waals surface area contributed by atoms with Gasteiger partial charge in [0, 0.05) is 31.5 Å². The lowest BCUT2D eigenvalue weighted by atomic mass is 10.0. The van der Waals surface area contributed by atoms with Gasteiger partial charge in [-0.1, -0.05) is 13.8 Å². The summed E-state index contributed by atoms with van der Waals surface area (Å²) in [5, 5.41) is 7.69. The number of hydrogen-bond donors (Lipinski definition) is 1. The van der Waals surface area contributed by atoms with Gasteiger partial charge in [-0.2, -0.15) is 5.10 Å². The number of hydrogen-bond acceptors (Lipinski definition) is 3. The van der Waals surface area contributed by atoms with Crippen molar-refractivity contribution >= 4 is 0 Å². The largest absolute Gasteiger partial charge is 0.383 e. The molecule has 0 atom stereocenters. The van der Waals surface area contributed by atoms with E-state index >= 15 is 0 Å². The molecule has 0 radical (unpaired) electrons. The summed E-state index contributed by atoms with van der Waals surface area (Å²) in [5.41, 5.74) is 4.01. The lowest BCUT2D eigenvalue weighted by Gasteiger charge is -2.20. The molecular formula is C13H23N3O. The number of nitrogens with one attached hydrogen (secondary N) is 1. The number of methoxy groups -OCH3 is 1. The molecule has 0 saturated heterocycles. The fraction of sp³-hybridized carbons (Fsp3) is 0.769. The van der Waals surface area contributed by atoms with Crippen molar-refractivity contribution in [2.45, 2.75) is 39.2 Å². The Morgan fingerprint density at radius 2 is 2.29 bits per heavy atom. The summed E-state index contributed by atoms with van der Waals surface area (Å²) < 4.78 is 5.17. The first-order valence-electron chi connectivity index (χ1n) is 6.49. The van der Waals surface area contributed by atoms with E-state index < -0.39 is 0 Å². The van der Waals surface area contributed by atoms with E-state index in [1.807, 2.05) is 0 Å². The van der Waals surface area contributed by atoms with Crippen LogP contribution in [0.5, 0.6) is 0 Å². The molecule has 0 fully saturated rings. The Morgan fingerprint density at radius 3 is 3.00 bits per heavy atom. The zero-order chi connectivity index (χ0) is 12.3. The minimum absolute atomic E-state index is 0.498. The normalized spacial score (nSPS) is 17.2. The second kappa shape index (κ2) is 5.65. The summed E-state index contributed by atoms with van der Waals surface area (Å²) >= 11 is 0. The van der Waals surface area contributed by atoms with Crippen LogP contribution in [-0.2, 0) is 17.7 Å². The van der Waals surface area contributed by atoms with Crippen LogP contribution in [0.15, 0.2) is 0 Å². The predicted octanol–water partition coefficient (Wildman–Crippen LogP) is 1.93. The first kappa shape index (κ1) is 12.6. The van der Waals surface area contributed by atoms with E-state index in [4.69, 9.17) is 4.74 Å². The van der Waals surface area contributed by atoms with Crippen molar-refractivity contribution in [3.05, 3.63) is 17.0 Å². The number of aromatic nitrogens is 2. The lowest BCUT2D eigenvalue weighted by molar-refractivity contribution is 0.145. The van der Waals surface area contributed by atoms with Crippen LogP contribution in [0.3, 0.4) is 0 Å². The van der Waals surface area contributed by atoms with Gasteiger partial charge in [0.2, 0.25) is 0 Å². The quantitative estimate of drug-likeness (QED) is 0.870. The van der Waals surface area contributed by atoms with Crippen LogP contribution in [-0.4, -0.2) is 41.9 Å². The van der Waals surface area contributed by atoms with Gasteiger partial charge in [0.25, 0.3) is 0 Å². The maximum Gasteiger partial charge on any atom is 0.0695 e. The second-order valence-corrected chi connectivity index (χ2v) is 5.09. The van der Waals surface area contributed by atoms with E-state index in [9.17, 15) is 0 Å². The predicted molar refractivity (Wildman–Crippen MR) is 68.2 cm³/mol. The van der Waals surface area contributed by atoms with Gasteiger partial charge in [0.15, 0.2) is 0 Å². The molecule has 0 spiro atoms. The lowest BCUT2D eigenvalue weighted by Crippen LogP contribution is -2.27. The summed E-state index contributed by atoms with van der Waals surface area (Å²) in [5.74, 6) is 0.498. The highest BCUT2D eigenvalue weighted by molar-refractivity contribution is 5.28. The molecule has 0 bridgehead atoms. The molecule has 17 heavy (non-hydrogen) atoms. The van der Waals surface area contributed by atoms with Gasteiger partial charge in [0.1, 0.15) is 0 Å². The van der Waals surface area contributed by atoms with Crippen molar-refractivity contribution in [1.82, 2.24) is 15.1 Å². The molecule has 2 heterocycles. The first-order chi connectivity index (χ1) is 8.22. The third-order valence-corrected chi connectivity index (χ3v) is 3.43. The molecule has 4 nitrogen and oxygen atoms in total. The molecule has 1 aliphatic rings. The number of rotatable bonds is 4. The smallest absolute Gasteiger partial charge is 0.0695 e. The highest BCUT2D eigenvalue weighted by Gasteiger charge is 2.21. The Morgan fingerprint density at radius 1 is 1.47 bits per heavy atom. The third-order valence-electron chi connectivity index (χ3n) is 3.43. The summed E-state index contributed by atoms with van der Waals surface area (Å²) in [4.78, 5) is 2.47. The van der Waals surface area contributed by atoms with Gasteiger partial charge < -0.3 is 4.74 Å². The van der Waals surface area contributed by atoms with Crippen molar-refractivity contribution in [2.24, 2.45) is 0 Å². The number of aryl methyl sites for hydroxylation is 1. The van der Waals surface area contributed by atoms with Crippen LogP contribution in [0, 0.1) is 0 Å². The van der Waals surface area contributed by atoms with Crippen LogP contribution in [0.4, 0.5) is 0 Å². The SMILES string of the molecule is COCCN1CCCc2[nH]nc(C(C)C)c2C1. The van der Waals surface area contributed by atoms with Gasteiger partial charge in [0.05, 0.1) is 12.3 Å². The van der Waals surface area contributed by atoms with Crippen LogP contribution >= 0.6 is 0 Å². The minimum atomic E-state index is 0.498. The van der Waals surface area contributed by atoms with E-state index in [0.29, 0.717) is 5.92 Å². The van der Waals surface area contributed by atoms with Crippen LogP contribution in [0.1, 0.15) is 43.1 Å². The molecule has 0 aliphatic carbocycles. The fourth-order valence-electron chi connectivity index (χ4n) is 2.47. The highest BCUT2D eigenvalue weighted by Crippen LogP contribution is 2.24. The molecule has 0 amide bonds. The second-order valence-electron chi connectivity index (χ2n) is 5.09. The van der Waals surface area contributed by atoms with E-state index in [1.165, 1.54) is 23.4 Å². The van der Waals surface area contributed by atoms with Crippen molar-refractivity contribution in [2.75, 3.05) is 26.8 Å². The molecule has 1 aliphatic heterocycles. The molecule has 0 saturated carbocycles. The van der Waals surface area contributed by atoms with Gasteiger partial charge in [-0.25, -0.2) is 0 Å².